The van der Waals surface area contributed by atoms with E-state index in [-0.39, 0.29) is 5.91 Å². The van der Waals surface area contributed by atoms with Crippen molar-refractivity contribution in [2.45, 2.75) is 20.3 Å². The minimum atomic E-state index is -0.159. The number of amides is 1. The minimum absolute atomic E-state index is 0.159. The van der Waals surface area contributed by atoms with Gasteiger partial charge in [-0.1, -0.05) is 6.92 Å². The number of thioether (sulfide) groups is 1. The summed E-state index contributed by atoms with van der Waals surface area (Å²) in [5.74, 6) is 3.41. The van der Waals surface area contributed by atoms with E-state index in [1.54, 1.807) is 6.07 Å². The van der Waals surface area contributed by atoms with Crippen LogP contribution in [0, 0.1) is 6.92 Å². The van der Waals surface area contributed by atoms with Gasteiger partial charge in [-0.3, -0.25) is 9.89 Å². The fourth-order valence-electron chi connectivity index (χ4n) is 1.72. The van der Waals surface area contributed by atoms with Crippen LogP contribution >= 0.6 is 11.8 Å². The number of H-pyrrole nitrogens is 1. The van der Waals surface area contributed by atoms with E-state index in [4.69, 9.17) is 4.42 Å². The molecule has 0 fully saturated rings. The molecule has 2 aromatic rings. The van der Waals surface area contributed by atoms with E-state index in [0.29, 0.717) is 23.7 Å². The van der Waals surface area contributed by atoms with Crippen LogP contribution in [0.4, 0.5) is 0 Å². The first kappa shape index (κ1) is 14.7. The van der Waals surface area contributed by atoms with E-state index in [1.165, 1.54) is 0 Å². The van der Waals surface area contributed by atoms with Crippen molar-refractivity contribution in [3.8, 4) is 11.5 Å². The van der Waals surface area contributed by atoms with Crippen LogP contribution in [0.25, 0.3) is 11.5 Å². The van der Waals surface area contributed by atoms with Gasteiger partial charge in [-0.2, -0.15) is 16.9 Å². The molecule has 0 atom stereocenters. The van der Waals surface area contributed by atoms with Gasteiger partial charge < -0.3 is 9.73 Å². The van der Waals surface area contributed by atoms with Crippen LogP contribution in [0.1, 0.15) is 29.6 Å². The highest BCUT2D eigenvalue weighted by Gasteiger charge is 2.12. The first-order valence-electron chi connectivity index (χ1n) is 6.69. The second kappa shape index (κ2) is 7.19. The second-order valence-corrected chi connectivity index (χ2v) is 5.67. The molecule has 0 aliphatic rings. The normalized spacial score (nSPS) is 10.7. The van der Waals surface area contributed by atoms with Crippen molar-refractivity contribution < 1.29 is 9.21 Å². The number of hydrogen-bond donors (Lipinski definition) is 2. The highest BCUT2D eigenvalue weighted by molar-refractivity contribution is 7.99. The van der Waals surface area contributed by atoms with Gasteiger partial charge in [0.25, 0.3) is 5.91 Å². The zero-order valence-corrected chi connectivity index (χ0v) is 12.5. The SMILES string of the molecule is CCCSCCNC(=O)c1cc(-c2ccc(C)o2)[nH]n1. The fourth-order valence-corrected chi connectivity index (χ4v) is 2.46. The number of carbonyl (C=O) groups excluding carboxylic acids is 1. The molecule has 1 amide bonds. The van der Waals surface area contributed by atoms with Gasteiger partial charge in [0.15, 0.2) is 11.5 Å². The van der Waals surface area contributed by atoms with Gasteiger partial charge in [0, 0.05) is 18.4 Å². The van der Waals surface area contributed by atoms with Gasteiger partial charge in [-0.15, -0.1) is 0 Å². The summed E-state index contributed by atoms with van der Waals surface area (Å²) in [6.07, 6.45) is 1.16. The molecule has 0 aromatic carbocycles. The predicted molar refractivity (Wildman–Crippen MR) is 81.0 cm³/mol. The van der Waals surface area contributed by atoms with Gasteiger partial charge in [0.05, 0.1) is 0 Å². The summed E-state index contributed by atoms with van der Waals surface area (Å²) in [7, 11) is 0. The van der Waals surface area contributed by atoms with E-state index in [1.807, 2.05) is 30.8 Å². The molecule has 2 aromatic heterocycles. The highest BCUT2D eigenvalue weighted by Crippen LogP contribution is 2.20. The van der Waals surface area contributed by atoms with Gasteiger partial charge >= 0.3 is 0 Å². The van der Waals surface area contributed by atoms with Crippen molar-refractivity contribution in [2.24, 2.45) is 0 Å². The van der Waals surface area contributed by atoms with Crippen LogP contribution in [-0.4, -0.2) is 34.2 Å². The Kier molecular flexibility index (Phi) is 5.29. The second-order valence-electron chi connectivity index (χ2n) is 4.45. The molecule has 20 heavy (non-hydrogen) atoms. The quantitative estimate of drug-likeness (QED) is 0.770. The molecule has 0 radical (unpaired) electrons. The summed E-state index contributed by atoms with van der Waals surface area (Å²) < 4.78 is 5.48. The Morgan fingerprint density at radius 1 is 1.45 bits per heavy atom. The summed E-state index contributed by atoms with van der Waals surface area (Å²) in [4.78, 5) is 11.9. The molecule has 0 saturated heterocycles. The molecule has 0 aliphatic carbocycles. The maximum absolute atomic E-state index is 11.9. The smallest absolute Gasteiger partial charge is 0.271 e. The third-order valence-electron chi connectivity index (χ3n) is 2.70. The maximum Gasteiger partial charge on any atom is 0.271 e. The number of aryl methyl sites for hydroxylation is 1. The van der Waals surface area contributed by atoms with Crippen molar-refractivity contribution in [1.29, 1.82) is 0 Å². The average Bonchev–Trinajstić information content (AvgIpc) is 3.06. The molecule has 2 rings (SSSR count). The van der Waals surface area contributed by atoms with Gasteiger partial charge in [0.1, 0.15) is 11.5 Å². The van der Waals surface area contributed by atoms with Crippen molar-refractivity contribution in [3.63, 3.8) is 0 Å². The summed E-state index contributed by atoms with van der Waals surface area (Å²) >= 11 is 1.84. The zero-order valence-electron chi connectivity index (χ0n) is 11.7. The van der Waals surface area contributed by atoms with Crippen LogP contribution in [0.3, 0.4) is 0 Å². The van der Waals surface area contributed by atoms with Crippen molar-refractivity contribution >= 4 is 17.7 Å². The Morgan fingerprint density at radius 2 is 2.30 bits per heavy atom. The minimum Gasteiger partial charge on any atom is -0.460 e. The molecule has 0 bridgehead atoms. The van der Waals surface area contributed by atoms with E-state index in [2.05, 4.69) is 22.4 Å². The number of nitrogens with one attached hydrogen (secondary N) is 2. The summed E-state index contributed by atoms with van der Waals surface area (Å²) in [6.45, 7) is 4.68. The van der Waals surface area contributed by atoms with E-state index < -0.39 is 0 Å². The van der Waals surface area contributed by atoms with Crippen LogP contribution in [0.15, 0.2) is 22.6 Å². The first-order chi connectivity index (χ1) is 9.70. The summed E-state index contributed by atoms with van der Waals surface area (Å²) in [5.41, 5.74) is 1.10. The highest BCUT2D eigenvalue weighted by atomic mass is 32.2. The standard InChI is InChI=1S/C14H19N3O2S/c1-3-7-20-8-6-15-14(18)12-9-11(16-17-12)13-5-4-10(2)19-13/h4-5,9H,3,6-8H2,1-2H3,(H,15,18)(H,16,17). The molecule has 2 N–H and O–H groups in total. The van der Waals surface area contributed by atoms with Gasteiger partial charge in [0.2, 0.25) is 0 Å². The molecule has 0 unspecified atom stereocenters. The van der Waals surface area contributed by atoms with Crippen molar-refractivity contribution in [2.75, 3.05) is 18.1 Å². The lowest BCUT2D eigenvalue weighted by Gasteiger charge is -2.01. The topological polar surface area (TPSA) is 70.9 Å². The van der Waals surface area contributed by atoms with E-state index >= 15 is 0 Å². The third kappa shape index (κ3) is 3.90. The lowest BCUT2D eigenvalue weighted by atomic mass is 10.3. The number of furan rings is 1. The molecule has 0 aliphatic heterocycles. The van der Waals surface area contributed by atoms with Crippen LogP contribution in [0.2, 0.25) is 0 Å². The largest absolute Gasteiger partial charge is 0.460 e. The molecule has 108 valence electrons. The lowest BCUT2D eigenvalue weighted by molar-refractivity contribution is 0.0951. The molecule has 0 saturated carbocycles. The van der Waals surface area contributed by atoms with Crippen LogP contribution in [0.5, 0.6) is 0 Å². The zero-order chi connectivity index (χ0) is 14.4. The maximum atomic E-state index is 11.9. The van der Waals surface area contributed by atoms with Gasteiger partial charge in [-0.25, -0.2) is 0 Å². The molecular weight excluding hydrogens is 274 g/mol. The lowest BCUT2D eigenvalue weighted by Crippen LogP contribution is -2.26. The summed E-state index contributed by atoms with van der Waals surface area (Å²) in [6, 6.07) is 5.43. The Balaban J connectivity index is 1.87. The predicted octanol–water partition coefficient (Wildman–Crippen LogP) is 2.85. The van der Waals surface area contributed by atoms with Crippen molar-refractivity contribution in [1.82, 2.24) is 15.5 Å². The Hall–Kier alpha value is -1.69. The number of hydrogen-bond acceptors (Lipinski definition) is 4. The Morgan fingerprint density at radius 3 is 3.00 bits per heavy atom. The Bertz CT molecular complexity index is 562. The fraction of sp³-hybridized carbons (Fsp3) is 0.429. The van der Waals surface area contributed by atoms with Crippen LogP contribution < -0.4 is 5.32 Å². The number of nitrogens with zero attached hydrogens (tertiary/aromatic N) is 1. The first-order valence-corrected chi connectivity index (χ1v) is 7.84. The van der Waals surface area contributed by atoms with Crippen LogP contribution in [-0.2, 0) is 0 Å². The molecule has 5 nitrogen and oxygen atoms in total. The van der Waals surface area contributed by atoms with E-state index in [0.717, 1.165) is 23.7 Å². The number of carbonyl (C=O) groups is 1. The molecule has 0 spiro atoms. The third-order valence-corrected chi connectivity index (χ3v) is 3.89. The summed E-state index contributed by atoms with van der Waals surface area (Å²) in [5, 5.41) is 9.69. The Labute approximate surface area is 122 Å². The van der Waals surface area contributed by atoms with Gasteiger partial charge in [-0.05, 0) is 31.2 Å². The molecule has 2 heterocycles. The molecule has 6 heteroatoms. The average molecular weight is 293 g/mol. The number of rotatable bonds is 7. The monoisotopic (exact) mass is 293 g/mol. The number of aromatic nitrogens is 2. The van der Waals surface area contributed by atoms with E-state index in [9.17, 15) is 4.79 Å². The molecular formula is C14H19N3O2S. The number of aromatic amines is 1. The van der Waals surface area contributed by atoms with Crippen molar-refractivity contribution in [3.05, 3.63) is 29.7 Å².